The van der Waals surface area contributed by atoms with E-state index in [4.69, 9.17) is 0 Å². The number of benzene rings is 1. The maximum absolute atomic E-state index is 12.2. The highest BCUT2D eigenvalue weighted by molar-refractivity contribution is 5.79. The average molecular weight is 292 g/mol. The Morgan fingerprint density at radius 2 is 1.76 bits per heavy atom. The summed E-state index contributed by atoms with van der Waals surface area (Å²) in [6, 6.07) is 8.10. The first-order chi connectivity index (χ1) is 9.96. The van der Waals surface area contributed by atoms with Crippen LogP contribution < -0.4 is 0 Å². The predicted octanol–water partition coefficient (Wildman–Crippen LogP) is 1.45. The van der Waals surface area contributed by atoms with Crippen molar-refractivity contribution in [2.45, 2.75) is 20.4 Å². The van der Waals surface area contributed by atoms with E-state index in [2.05, 4.69) is 4.74 Å². The number of likely N-dealkylation sites (N-methyl/N-ethyl adjacent to an activating group) is 2. The topological polar surface area (TPSA) is 49.9 Å². The van der Waals surface area contributed by atoms with Crippen LogP contribution >= 0.6 is 0 Å². The SMILES string of the molecule is CCN(CC(=O)OC)CC(=O)N(C)Cc1ccc(C)cc1. The molecule has 0 bridgehead atoms. The fraction of sp³-hybridized carbons (Fsp3) is 0.500. The lowest BCUT2D eigenvalue weighted by molar-refractivity contribution is -0.142. The summed E-state index contributed by atoms with van der Waals surface area (Å²) in [6.45, 7) is 5.49. The van der Waals surface area contributed by atoms with Crippen LogP contribution in [-0.2, 0) is 20.9 Å². The fourth-order valence-electron chi connectivity index (χ4n) is 1.89. The van der Waals surface area contributed by atoms with Gasteiger partial charge in [-0.05, 0) is 19.0 Å². The molecule has 0 atom stereocenters. The lowest BCUT2D eigenvalue weighted by atomic mass is 10.1. The molecule has 0 aliphatic rings. The second kappa shape index (κ2) is 8.42. The first kappa shape index (κ1) is 17.2. The van der Waals surface area contributed by atoms with Gasteiger partial charge in [-0.1, -0.05) is 36.8 Å². The van der Waals surface area contributed by atoms with E-state index in [9.17, 15) is 9.59 Å². The highest BCUT2D eigenvalue weighted by atomic mass is 16.5. The smallest absolute Gasteiger partial charge is 0.319 e. The lowest BCUT2D eigenvalue weighted by Gasteiger charge is -2.23. The molecule has 0 spiro atoms. The number of carbonyl (C=O) groups is 2. The third-order valence-corrected chi connectivity index (χ3v) is 3.35. The maximum Gasteiger partial charge on any atom is 0.319 e. The van der Waals surface area contributed by atoms with Crippen LogP contribution in [0.4, 0.5) is 0 Å². The van der Waals surface area contributed by atoms with Crippen molar-refractivity contribution in [1.29, 1.82) is 0 Å². The summed E-state index contributed by atoms with van der Waals surface area (Å²) in [5.74, 6) is -0.341. The Hall–Kier alpha value is -1.88. The second-order valence-electron chi connectivity index (χ2n) is 5.11. The molecule has 1 rings (SSSR count). The molecule has 0 fully saturated rings. The predicted molar refractivity (Wildman–Crippen MR) is 81.8 cm³/mol. The molecule has 0 radical (unpaired) electrons. The molecule has 1 amide bonds. The molecule has 0 saturated carbocycles. The summed E-state index contributed by atoms with van der Waals surface area (Å²) in [4.78, 5) is 26.9. The molecule has 116 valence electrons. The number of esters is 1. The summed E-state index contributed by atoms with van der Waals surface area (Å²) in [6.07, 6.45) is 0. The number of hydrogen-bond acceptors (Lipinski definition) is 4. The number of hydrogen-bond donors (Lipinski definition) is 0. The van der Waals surface area contributed by atoms with Gasteiger partial charge in [-0.15, -0.1) is 0 Å². The number of carbonyl (C=O) groups excluding carboxylic acids is 2. The van der Waals surface area contributed by atoms with Gasteiger partial charge < -0.3 is 9.64 Å². The van der Waals surface area contributed by atoms with Gasteiger partial charge in [0.1, 0.15) is 0 Å². The van der Waals surface area contributed by atoms with E-state index in [0.717, 1.165) is 5.56 Å². The van der Waals surface area contributed by atoms with Crippen molar-refractivity contribution >= 4 is 11.9 Å². The van der Waals surface area contributed by atoms with Gasteiger partial charge in [0.25, 0.3) is 0 Å². The summed E-state index contributed by atoms with van der Waals surface area (Å²) >= 11 is 0. The van der Waals surface area contributed by atoms with Crippen LogP contribution in [0.3, 0.4) is 0 Å². The van der Waals surface area contributed by atoms with Crippen molar-refractivity contribution in [3.63, 3.8) is 0 Å². The zero-order valence-electron chi connectivity index (χ0n) is 13.3. The zero-order chi connectivity index (χ0) is 15.8. The van der Waals surface area contributed by atoms with Crippen molar-refractivity contribution in [1.82, 2.24) is 9.80 Å². The van der Waals surface area contributed by atoms with Gasteiger partial charge in [0.05, 0.1) is 20.2 Å². The Morgan fingerprint density at radius 1 is 1.14 bits per heavy atom. The number of aryl methyl sites for hydroxylation is 1. The Morgan fingerprint density at radius 3 is 2.29 bits per heavy atom. The minimum atomic E-state index is -0.328. The maximum atomic E-state index is 12.2. The highest BCUT2D eigenvalue weighted by Gasteiger charge is 2.16. The van der Waals surface area contributed by atoms with E-state index in [1.165, 1.54) is 12.7 Å². The van der Waals surface area contributed by atoms with Crippen LogP contribution in [0.25, 0.3) is 0 Å². The van der Waals surface area contributed by atoms with E-state index in [1.807, 2.05) is 38.1 Å². The molecule has 0 aliphatic heterocycles. The van der Waals surface area contributed by atoms with E-state index < -0.39 is 0 Å². The summed E-state index contributed by atoms with van der Waals surface area (Å²) < 4.78 is 4.63. The molecule has 0 N–H and O–H groups in total. The number of nitrogens with zero attached hydrogens (tertiary/aromatic N) is 2. The molecule has 0 aliphatic carbocycles. The van der Waals surface area contributed by atoms with E-state index in [-0.39, 0.29) is 25.0 Å². The molecule has 21 heavy (non-hydrogen) atoms. The Bertz CT molecular complexity index is 471. The van der Waals surface area contributed by atoms with Crippen LogP contribution in [0.2, 0.25) is 0 Å². The highest BCUT2D eigenvalue weighted by Crippen LogP contribution is 2.06. The van der Waals surface area contributed by atoms with Crippen molar-refractivity contribution in [3.8, 4) is 0 Å². The van der Waals surface area contributed by atoms with E-state index >= 15 is 0 Å². The normalized spacial score (nSPS) is 10.5. The summed E-state index contributed by atoms with van der Waals surface area (Å²) in [7, 11) is 3.12. The molecule has 0 unspecified atom stereocenters. The minimum Gasteiger partial charge on any atom is -0.468 e. The van der Waals surface area contributed by atoms with Crippen molar-refractivity contribution in [2.24, 2.45) is 0 Å². The van der Waals surface area contributed by atoms with Gasteiger partial charge in [-0.25, -0.2) is 0 Å². The molecular weight excluding hydrogens is 268 g/mol. The standard InChI is InChI=1S/C16H24N2O3/c1-5-18(12-16(20)21-4)11-15(19)17(3)10-14-8-6-13(2)7-9-14/h6-9H,5,10-12H2,1-4H3. The molecule has 0 heterocycles. The summed E-state index contributed by atoms with van der Waals surface area (Å²) in [5.41, 5.74) is 2.29. The third-order valence-electron chi connectivity index (χ3n) is 3.35. The molecule has 5 heteroatoms. The van der Waals surface area contributed by atoms with Crippen molar-refractivity contribution < 1.29 is 14.3 Å². The van der Waals surface area contributed by atoms with Gasteiger partial charge in [0.2, 0.25) is 5.91 Å². The van der Waals surface area contributed by atoms with Crippen LogP contribution in [-0.4, -0.2) is 55.5 Å². The molecule has 1 aromatic rings. The number of ether oxygens (including phenoxy) is 1. The molecule has 0 aromatic heterocycles. The Labute approximate surface area is 126 Å². The third kappa shape index (κ3) is 5.95. The molecule has 0 saturated heterocycles. The first-order valence-corrected chi connectivity index (χ1v) is 7.05. The number of methoxy groups -OCH3 is 1. The quantitative estimate of drug-likeness (QED) is 0.714. The van der Waals surface area contributed by atoms with Gasteiger partial charge in [0, 0.05) is 13.6 Å². The van der Waals surface area contributed by atoms with Gasteiger partial charge in [-0.2, -0.15) is 0 Å². The number of rotatable bonds is 7. The Balaban J connectivity index is 2.52. The van der Waals surface area contributed by atoms with E-state index in [0.29, 0.717) is 13.1 Å². The lowest BCUT2D eigenvalue weighted by Crippen LogP contribution is -2.40. The molecular formula is C16H24N2O3. The largest absolute Gasteiger partial charge is 0.468 e. The van der Waals surface area contributed by atoms with Crippen molar-refractivity contribution in [3.05, 3.63) is 35.4 Å². The summed E-state index contributed by atoms with van der Waals surface area (Å²) in [5, 5.41) is 0. The minimum absolute atomic E-state index is 0.0127. The van der Waals surface area contributed by atoms with Gasteiger partial charge in [-0.3, -0.25) is 14.5 Å². The van der Waals surface area contributed by atoms with Crippen LogP contribution in [0.15, 0.2) is 24.3 Å². The van der Waals surface area contributed by atoms with Gasteiger partial charge >= 0.3 is 5.97 Å². The molecule has 1 aromatic carbocycles. The fourth-order valence-corrected chi connectivity index (χ4v) is 1.89. The van der Waals surface area contributed by atoms with Crippen molar-refractivity contribution in [2.75, 3.05) is 33.8 Å². The second-order valence-corrected chi connectivity index (χ2v) is 5.11. The number of amides is 1. The van der Waals surface area contributed by atoms with Gasteiger partial charge in [0.15, 0.2) is 0 Å². The first-order valence-electron chi connectivity index (χ1n) is 7.05. The zero-order valence-corrected chi connectivity index (χ0v) is 13.3. The average Bonchev–Trinajstić information content (AvgIpc) is 2.48. The monoisotopic (exact) mass is 292 g/mol. The van der Waals surface area contributed by atoms with Crippen LogP contribution in [0, 0.1) is 6.92 Å². The van der Waals surface area contributed by atoms with E-state index in [1.54, 1.807) is 16.8 Å². The van der Waals surface area contributed by atoms with Crippen LogP contribution in [0.1, 0.15) is 18.1 Å². The Kier molecular flexibility index (Phi) is 6.88. The molecule has 5 nitrogen and oxygen atoms in total. The van der Waals surface area contributed by atoms with Crippen LogP contribution in [0.5, 0.6) is 0 Å².